The Balaban J connectivity index is 1.83. The van der Waals surface area contributed by atoms with Crippen molar-refractivity contribution in [1.82, 2.24) is 0 Å². The minimum atomic E-state index is -0.540. The number of cyclic esters (lactones) is 1. The van der Waals surface area contributed by atoms with E-state index in [2.05, 4.69) is 4.99 Å². The minimum absolute atomic E-state index is 0.162. The number of nitrogens with zero attached hydrogens (tertiary/aromatic N) is 1. The summed E-state index contributed by atoms with van der Waals surface area (Å²) in [6, 6.07) is 12.4. The van der Waals surface area contributed by atoms with Crippen LogP contribution in [-0.2, 0) is 9.53 Å². The van der Waals surface area contributed by atoms with Gasteiger partial charge in [0.1, 0.15) is 0 Å². The van der Waals surface area contributed by atoms with Crippen LogP contribution in [0, 0.1) is 0 Å². The van der Waals surface area contributed by atoms with Crippen molar-refractivity contribution in [3.05, 3.63) is 80.4 Å². The number of hydrogen-bond donors (Lipinski definition) is 0. The predicted molar refractivity (Wildman–Crippen MR) is 98.5 cm³/mol. The van der Waals surface area contributed by atoms with E-state index in [1.807, 2.05) is 12.1 Å². The molecule has 0 bridgehead atoms. The Morgan fingerprint density at radius 3 is 2.46 bits per heavy atom. The highest BCUT2D eigenvalue weighted by atomic mass is 35.5. The van der Waals surface area contributed by atoms with Crippen molar-refractivity contribution < 1.29 is 9.53 Å². The summed E-state index contributed by atoms with van der Waals surface area (Å²) in [4.78, 5) is 16.1. The van der Waals surface area contributed by atoms with Crippen molar-refractivity contribution in [2.75, 3.05) is 0 Å². The smallest absolute Gasteiger partial charge is 0.363 e. The van der Waals surface area contributed by atoms with E-state index in [-0.39, 0.29) is 11.6 Å². The maximum atomic E-state index is 11.9. The molecule has 0 aromatic heterocycles. The fourth-order valence-corrected chi connectivity index (χ4v) is 2.51. The van der Waals surface area contributed by atoms with Crippen molar-refractivity contribution in [3.8, 4) is 0 Å². The van der Waals surface area contributed by atoms with E-state index >= 15 is 0 Å². The lowest BCUT2D eigenvalue weighted by atomic mass is 10.2. The van der Waals surface area contributed by atoms with Crippen LogP contribution in [0.2, 0.25) is 15.1 Å². The summed E-state index contributed by atoms with van der Waals surface area (Å²) in [5.74, 6) is -0.332. The first-order chi connectivity index (χ1) is 11.5. The summed E-state index contributed by atoms with van der Waals surface area (Å²) in [6.45, 7) is 0. The predicted octanol–water partition coefficient (Wildman–Crippen LogP) is 5.66. The summed E-state index contributed by atoms with van der Waals surface area (Å²) < 4.78 is 5.12. The van der Waals surface area contributed by atoms with Gasteiger partial charge in [0.15, 0.2) is 5.70 Å². The van der Waals surface area contributed by atoms with E-state index in [4.69, 9.17) is 39.5 Å². The molecule has 0 radical (unpaired) electrons. The Morgan fingerprint density at radius 1 is 0.958 bits per heavy atom. The van der Waals surface area contributed by atoms with Gasteiger partial charge in [0.25, 0.3) is 0 Å². The Hall–Kier alpha value is -2.07. The van der Waals surface area contributed by atoms with Gasteiger partial charge in [0, 0.05) is 11.1 Å². The van der Waals surface area contributed by atoms with Crippen LogP contribution < -0.4 is 0 Å². The van der Waals surface area contributed by atoms with Gasteiger partial charge in [-0.3, -0.25) is 0 Å². The maximum Gasteiger partial charge on any atom is 0.363 e. The average Bonchev–Trinajstić information content (AvgIpc) is 2.91. The molecular formula is C18H10Cl3NO2. The molecule has 1 heterocycles. The molecule has 0 fully saturated rings. The van der Waals surface area contributed by atoms with Gasteiger partial charge >= 0.3 is 5.97 Å². The highest BCUT2D eigenvalue weighted by Crippen LogP contribution is 2.28. The lowest BCUT2D eigenvalue weighted by Crippen LogP contribution is -2.01. The zero-order valence-electron chi connectivity index (χ0n) is 12.2. The number of esters is 1. The molecule has 0 spiro atoms. The number of carbonyl (C=O) groups is 1. The van der Waals surface area contributed by atoms with Crippen LogP contribution in [0.1, 0.15) is 11.1 Å². The molecule has 3 nitrogen and oxygen atoms in total. The Labute approximate surface area is 153 Å². The molecule has 0 N–H and O–H groups in total. The van der Waals surface area contributed by atoms with Crippen molar-refractivity contribution in [3.63, 3.8) is 0 Å². The topological polar surface area (TPSA) is 38.7 Å². The molecule has 0 amide bonds. The first-order valence-corrected chi connectivity index (χ1v) is 8.06. The van der Waals surface area contributed by atoms with Crippen LogP contribution in [0.5, 0.6) is 0 Å². The van der Waals surface area contributed by atoms with E-state index in [1.165, 1.54) is 0 Å². The molecule has 0 unspecified atom stereocenters. The van der Waals surface area contributed by atoms with Gasteiger partial charge in [0.05, 0.1) is 10.0 Å². The fraction of sp³-hybridized carbons (Fsp3) is 0. The molecule has 120 valence electrons. The largest absolute Gasteiger partial charge is 0.403 e. The second kappa shape index (κ2) is 7.22. The number of halogens is 3. The summed E-state index contributed by atoms with van der Waals surface area (Å²) in [5.41, 5.74) is 1.67. The molecule has 0 saturated heterocycles. The first-order valence-electron chi connectivity index (χ1n) is 6.93. The monoisotopic (exact) mass is 377 g/mol. The minimum Gasteiger partial charge on any atom is -0.403 e. The third-order valence-electron chi connectivity index (χ3n) is 3.20. The molecule has 2 aromatic carbocycles. The number of hydrogen-bond acceptors (Lipinski definition) is 3. The number of rotatable bonds is 3. The normalized spacial score (nSPS) is 15.9. The molecule has 6 heteroatoms. The number of carbonyl (C=O) groups excluding carboxylic acids is 1. The highest BCUT2D eigenvalue weighted by molar-refractivity contribution is 6.43. The van der Waals surface area contributed by atoms with Gasteiger partial charge in [0.2, 0.25) is 5.90 Å². The van der Waals surface area contributed by atoms with Gasteiger partial charge in [-0.05, 0) is 41.5 Å². The molecule has 2 aromatic rings. The zero-order chi connectivity index (χ0) is 17.1. The summed E-state index contributed by atoms with van der Waals surface area (Å²) in [5, 5.41) is 1.42. The van der Waals surface area contributed by atoms with E-state index in [9.17, 15) is 4.79 Å². The molecule has 3 rings (SSSR count). The van der Waals surface area contributed by atoms with Crippen LogP contribution >= 0.6 is 34.8 Å². The third-order valence-corrected chi connectivity index (χ3v) is 4.28. The van der Waals surface area contributed by atoms with Crippen molar-refractivity contribution in [1.29, 1.82) is 0 Å². The number of benzene rings is 2. The summed E-state index contributed by atoms with van der Waals surface area (Å²) >= 11 is 17.9. The lowest BCUT2D eigenvalue weighted by Gasteiger charge is -1.99. The zero-order valence-corrected chi connectivity index (χ0v) is 14.4. The van der Waals surface area contributed by atoms with E-state index in [0.717, 1.165) is 5.56 Å². The van der Waals surface area contributed by atoms with Crippen molar-refractivity contribution in [2.24, 2.45) is 4.99 Å². The number of ether oxygens (including phenoxy) is 1. The first kappa shape index (κ1) is 16.8. The Kier molecular flexibility index (Phi) is 5.05. The van der Waals surface area contributed by atoms with Crippen LogP contribution in [0.15, 0.2) is 59.2 Å². The summed E-state index contributed by atoms with van der Waals surface area (Å²) in [7, 11) is 0. The SMILES string of the molecule is O=C1OC(C=Cc2ccc(Cl)cc2)=NC1=Cc1cccc(Cl)c1Cl. The van der Waals surface area contributed by atoms with Gasteiger partial charge in [-0.1, -0.05) is 59.1 Å². The fourth-order valence-electron chi connectivity index (χ4n) is 2.02. The Morgan fingerprint density at radius 2 is 1.71 bits per heavy atom. The second-order valence-corrected chi connectivity index (χ2v) is 6.12. The Bertz CT molecular complexity index is 884. The maximum absolute atomic E-state index is 11.9. The average molecular weight is 379 g/mol. The molecule has 0 saturated carbocycles. The van der Waals surface area contributed by atoms with Crippen molar-refractivity contribution in [2.45, 2.75) is 0 Å². The van der Waals surface area contributed by atoms with Crippen LogP contribution in [0.3, 0.4) is 0 Å². The van der Waals surface area contributed by atoms with E-state index < -0.39 is 5.97 Å². The number of aliphatic imine (C=N–C) groups is 1. The second-order valence-electron chi connectivity index (χ2n) is 4.90. The van der Waals surface area contributed by atoms with Crippen LogP contribution in [0.25, 0.3) is 12.2 Å². The molecule has 1 aliphatic heterocycles. The van der Waals surface area contributed by atoms with Gasteiger partial charge in [-0.15, -0.1) is 0 Å². The van der Waals surface area contributed by atoms with E-state index in [1.54, 1.807) is 48.6 Å². The quantitative estimate of drug-likeness (QED) is 0.511. The van der Waals surface area contributed by atoms with Crippen LogP contribution in [-0.4, -0.2) is 11.9 Å². The summed E-state index contributed by atoms with van der Waals surface area (Å²) in [6.07, 6.45) is 4.93. The van der Waals surface area contributed by atoms with Gasteiger partial charge < -0.3 is 4.74 Å². The highest BCUT2D eigenvalue weighted by Gasteiger charge is 2.21. The molecule has 0 atom stereocenters. The molecule has 1 aliphatic rings. The van der Waals surface area contributed by atoms with Crippen LogP contribution in [0.4, 0.5) is 0 Å². The molecule has 24 heavy (non-hydrogen) atoms. The molecular weight excluding hydrogens is 369 g/mol. The standard InChI is InChI=1S/C18H10Cl3NO2/c19-13-7-4-11(5-8-13)6-9-16-22-15(18(23)24-16)10-12-2-1-3-14(20)17(12)21/h1-10H. The molecule has 0 aliphatic carbocycles. The third kappa shape index (κ3) is 3.88. The lowest BCUT2D eigenvalue weighted by molar-refractivity contribution is -0.129. The van der Waals surface area contributed by atoms with Gasteiger partial charge in [-0.25, -0.2) is 9.79 Å². The van der Waals surface area contributed by atoms with E-state index in [0.29, 0.717) is 20.6 Å². The van der Waals surface area contributed by atoms with Gasteiger partial charge in [-0.2, -0.15) is 0 Å². The van der Waals surface area contributed by atoms with Crippen molar-refractivity contribution >= 4 is 58.8 Å².